The molecule has 1 N–H and O–H groups in total. The third-order valence-electron chi connectivity index (χ3n) is 3.68. The highest BCUT2D eigenvalue weighted by molar-refractivity contribution is 7.10. The average Bonchev–Trinajstić information content (AvgIpc) is 3.30. The van der Waals surface area contributed by atoms with Gasteiger partial charge in [-0.15, -0.1) is 11.3 Å². The minimum absolute atomic E-state index is 0.275. The fraction of sp³-hybridized carbons (Fsp3) is 0.158. The Morgan fingerprint density at radius 1 is 1.16 bits per heavy atom. The minimum Gasteiger partial charge on any atom is -0.469 e. The topological polar surface area (TPSA) is 68.5 Å². The lowest BCUT2D eigenvalue weighted by molar-refractivity contribution is -0.124. The second-order valence-electron chi connectivity index (χ2n) is 5.39. The summed E-state index contributed by atoms with van der Waals surface area (Å²) in [5.41, 5.74) is 1.29. The van der Waals surface area contributed by atoms with Gasteiger partial charge in [0, 0.05) is 4.88 Å². The molecule has 0 fully saturated rings. The fourth-order valence-corrected chi connectivity index (χ4v) is 3.23. The molecule has 0 saturated carbocycles. The molecular weight excluding hydrogens is 338 g/mol. The zero-order valence-electron chi connectivity index (χ0n) is 13.6. The van der Waals surface area contributed by atoms with E-state index in [0.717, 1.165) is 10.4 Å². The monoisotopic (exact) mass is 355 g/mol. The smallest absolute Gasteiger partial charge is 0.342 e. The van der Waals surface area contributed by atoms with Crippen LogP contribution in [0.15, 0.2) is 64.6 Å². The lowest BCUT2D eigenvalue weighted by Gasteiger charge is -2.18. The molecule has 0 radical (unpaired) electrons. The first-order valence-electron chi connectivity index (χ1n) is 7.74. The molecule has 5 nitrogen and oxygen atoms in total. The van der Waals surface area contributed by atoms with Crippen LogP contribution in [0.1, 0.15) is 32.6 Å². The van der Waals surface area contributed by atoms with E-state index < -0.39 is 5.97 Å². The van der Waals surface area contributed by atoms with Gasteiger partial charge in [-0.1, -0.05) is 36.4 Å². The number of ether oxygens (including phenoxy) is 1. The Morgan fingerprint density at radius 2 is 1.96 bits per heavy atom. The molecule has 25 heavy (non-hydrogen) atoms. The number of thiophene rings is 1. The van der Waals surface area contributed by atoms with E-state index >= 15 is 0 Å². The first-order chi connectivity index (χ1) is 12.1. The molecule has 0 spiro atoms. The van der Waals surface area contributed by atoms with Crippen LogP contribution in [0.25, 0.3) is 0 Å². The molecule has 6 heteroatoms. The molecule has 3 rings (SSSR count). The number of furan rings is 1. The predicted octanol–water partition coefficient (Wildman–Crippen LogP) is 3.71. The van der Waals surface area contributed by atoms with Gasteiger partial charge < -0.3 is 14.5 Å². The van der Waals surface area contributed by atoms with E-state index in [-0.39, 0.29) is 18.6 Å². The number of hydrogen-bond acceptors (Lipinski definition) is 5. The number of carbonyl (C=O) groups excluding carboxylic acids is 2. The van der Waals surface area contributed by atoms with Crippen molar-refractivity contribution < 1.29 is 18.7 Å². The Hall–Kier alpha value is -2.86. The molecule has 0 aliphatic heterocycles. The molecule has 0 aliphatic rings. The number of benzene rings is 1. The van der Waals surface area contributed by atoms with Gasteiger partial charge in [0.25, 0.3) is 5.91 Å². The number of rotatable bonds is 6. The summed E-state index contributed by atoms with van der Waals surface area (Å²) in [4.78, 5) is 25.2. The summed E-state index contributed by atoms with van der Waals surface area (Å²) < 4.78 is 10.1. The Morgan fingerprint density at radius 3 is 2.60 bits per heavy atom. The van der Waals surface area contributed by atoms with E-state index in [1.165, 1.54) is 12.3 Å². The Kier molecular flexibility index (Phi) is 5.30. The van der Waals surface area contributed by atoms with Crippen molar-refractivity contribution in [1.82, 2.24) is 5.32 Å². The van der Waals surface area contributed by atoms with E-state index in [4.69, 9.17) is 9.15 Å². The normalized spacial score (nSPS) is 11.7. The van der Waals surface area contributed by atoms with Crippen LogP contribution < -0.4 is 5.32 Å². The highest BCUT2D eigenvalue weighted by Crippen LogP contribution is 2.25. The molecule has 1 amide bonds. The third-order valence-corrected chi connectivity index (χ3v) is 4.62. The molecule has 1 aromatic carbocycles. The summed E-state index contributed by atoms with van der Waals surface area (Å²) in [6.07, 6.45) is 1.41. The van der Waals surface area contributed by atoms with Crippen molar-refractivity contribution in [2.75, 3.05) is 6.61 Å². The van der Waals surface area contributed by atoms with Gasteiger partial charge in [-0.25, -0.2) is 4.79 Å². The van der Waals surface area contributed by atoms with Crippen LogP contribution in [0.4, 0.5) is 0 Å². The van der Waals surface area contributed by atoms with Crippen LogP contribution in [-0.2, 0) is 9.53 Å². The number of amides is 1. The lowest BCUT2D eigenvalue weighted by atomic mass is 10.1. The maximum absolute atomic E-state index is 12.3. The molecule has 0 bridgehead atoms. The number of aryl methyl sites for hydroxylation is 1. The van der Waals surface area contributed by atoms with Crippen molar-refractivity contribution in [3.8, 4) is 0 Å². The molecule has 0 unspecified atom stereocenters. The fourth-order valence-electron chi connectivity index (χ4n) is 2.43. The standard InChI is InChI=1S/C19H17NO4S/c1-13-15(9-10-23-13)19(22)24-12-17(21)20-18(16-8-5-11-25-16)14-6-3-2-4-7-14/h2-11,18H,12H2,1H3,(H,20,21)/t18-/m0/s1. The number of carbonyl (C=O) groups is 2. The molecule has 0 saturated heterocycles. The van der Waals surface area contributed by atoms with Gasteiger partial charge in [0.2, 0.25) is 0 Å². The van der Waals surface area contributed by atoms with E-state index in [9.17, 15) is 9.59 Å². The second-order valence-corrected chi connectivity index (χ2v) is 6.37. The highest BCUT2D eigenvalue weighted by Gasteiger charge is 2.19. The summed E-state index contributed by atoms with van der Waals surface area (Å²) in [6, 6.07) is 14.8. The van der Waals surface area contributed by atoms with Gasteiger partial charge in [0.1, 0.15) is 11.3 Å². The first kappa shape index (κ1) is 17.0. The van der Waals surface area contributed by atoms with Gasteiger partial charge in [0.15, 0.2) is 6.61 Å². The van der Waals surface area contributed by atoms with Crippen LogP contribution >= 0.6 is 11.3 Å². The van der Waals surface area contributed by atoms with Crippen LogP contribution in [0.3, 0.4) is 0 Å². The molecule has 0 aliphatic carbocycles. The molecule has 128 valence electrons. The predicted molar refractivity (Wildman–Crippen MR) is 94.5 cm³/mol. The van der Waals surface area contributed by atoms with Gasteiger partial charge in [0.05, 0.1) is 12.3 Å². The SMILES string of the molecule is Cc1occc1C(=O)OCC(=O)N[C@@H](c1ccccc1)c1cccs1. The van der Waals surface area contributed by atoms with E-state index in [1.807, 2.05) is 47.8 Å². The zero-order chi connectivity index (χ0) is 17.6. The first-order valence-corrected chi connectivity index (χ1v) is 8.62. The van der Waals surface area contributed by atoms with Crippen LogP contribution in [0.5, 0.6) is 0 Å². The zero-order valence-corrected chi connectivity index (χ0v) is 14.4. The van der Waals surface area contributed by atoms with Crippen LogP contribution in [-0.4, -0.2) is 18.5 Å². The highest BCUT2D eigenvalue weighted by atomic mass is 32.1. The maximum atomic E-state index is 12.3. The quantitative estimate of drug-likeness (QED) is 0.685. The van der Waals surface area contributed by atoms with Crippen LogP contribution in [0, 0.1) is 6.92 Å². The number of hydrogen-bond donors (Lipinski definition) is 1. The molecule has 2 heterocycles. The Bertz CT molecular complexity index is 839. The largest absolute Gasteiger partial charge is 0.469 e. The average molecular weight is 355 g/mol. The van der Waals surface area contributed by atoms with Crippen molar-refractivity contribution in [2.45, 2.75) is 13.0 Å². The summed E-state index contributed by atoms with van der Waals surface area (Å²) in [5, 5.41) is 4.88. The van der Waals surface area contributed by atoms with Crippen molar-refractivity contribution in [1.29, 1.82) is 0 Å². The summed E-state index contributed by atoms with van der Waals surface area (Å²) in [5.74, 6) is -0.475. The maximum Gasteiger partial charge on any atom is 0.342 e. The van der Waals surface area contributed by atoms with Gasteiger partial charge in [-0.3, -0.25) is 4.79 Å². The van der Waals surface area contributed by atoms with E-state index in [1.54, 1.807) is 18.3 Å². The number of nitrogens with one attached hydrogen (secondary N) is 1. The Balaban J connectivity index is 1.65. The van der Waals surface area contributed by atoms with E-state index in [2.05, 4.69) is 5.32 Å². The Labute approximate surface area is 149 Å². The van der Waals surface area contributed by atoms with Crippen molar-refractivity contribution in [2.24, 2.45) is 0 Å². The van der Waals surface area contributed by atoms with Gasteiger partial charge >= 0.3 is 5.97 Å². The third kappa shape index (κ3) is 4.16. The second kappa shape index (κ2) is 7.81. The van der Waals surface area contributed by atoms with E-state index in [0.29, 0.717) is 11.3 Å². The molecular formula is C19H17NO4S. The van der Waals surface area contributed by atoms with Crippen molar-refractivity contribution >= 4 is 23.2 Å². The van der Waals surface area contributed by atoms with Crippen LogP contribution in [0.2, 0.25) is 0 Å². The van der Waals surface area contributed by atoms with Gasteiger partial charge in [-0.05, 0) is 30.0 Å². The molecule has 3 aromatic rings. The summed E-state index contributed by atoms with van der Waals surface area (Å²) >= 11 is 1.56. The lowest BCUT2D eigenvalue weighted by Crippen LogP contribution is -2.32. The minimum atomic E-state index is -0.575. The summed E-state index contributed by atoms with van der Waals surface area (Å²) in [7, 11) is 0. The van der Waals surface area contributed by atoms with Crippen molar-refractivity contribution in [3.05, 3.63) is 81.9 Å². The molecule has 2 aromatic heterocycles. The van der Waals surface area contributed by atoms with Gasteiger partial charge in [-0.2, -0.15) is 0 Å². The molecule has 1 atom stereocenters. The van der Waals surface area contributed by atoms with Crippen molar-refractivity contribution in [3.63, 3.8) is 0 Å². The number of esters is 1. The summed E-state index contributed by atoms with van der Waals surface area (Å²) in [6.45, 7) is 1.32.